The number of carbonyl (C=O) groups is 1. The van der Waals surface area contributed by atoms with Gasteiger partial charge in [-0.3, -0.25) is 4.79 Å². The molecule has 1 aliphatic rings. The highest BCUT2D eigenvalue weighted by atomic mass is 35.5. The molecule has 1 saturated heterocycles. The average molecular weight is 492 g/mol. The van der Waals surface area contributed by atoms with Crippen LogP contribution in [0, 0.1) is 6.92 Å². The van der Waals surface area contributed by atoms with Gasteiger partial charge in [0.15, 0.2) is 12.4 Å². The number of rotatable bonds is 5. The highest BCUT2D eigenvalue weighted by molar-refractivity contribution is 6.43. The summed E-state index contributed by atoms with van der Waals surface area (Å²) in [5, 5.41) is 9.76. The SMILES string of the molecule is Cc1ccccc1-c1ccc(N2CCN(C(=O)COc3cc(Cl)c(Cl)cc3Cl)CC2)nn1. The number of aryl methyl sites for hydroxylation is 1. The maximum atomic E-state index is 12.6. The number of carbonyl (C=O) groups excluding carboxylic acids is 1. The topological polar surface area (TPSA) is 58.6 Å². The summed E-state index contributed by atoms with van der Waals surface area (Å²) in [5.41, 5.74) is 3.08. The van der Waals surface area contributed by atoms with Crippen LogP contribution >= 0.6 is 34.8 Å². The monoisotopic (exact) mass is 490 g/mol. The van der Waals surface area contributed by atoms with Crippen LogP contribution in [0.3, 0.4) is 0 Å². The van der Waals surface area contributed by atoms with Crippen LogP contribution in [-0.4, -0.2) is 53.8 Å². The molecular weight excluding hydrogens is 471 g/mol. The second kappa shape index (κ2) is 9.94. The van der Waals surface area contributed by atoms with Crippen molar-refractivity contribution < 1.29 is 9.53 Å². The lowest BCUT2D eigenvalue weighted by Crippen LogP contribution is -2.50. The zero-order valence-electron chi connectivity index (χ0n) is 17.4. The number of hydrogen-bond acceptors (Lipinski definition) is 5. The molecule has 0 saturated carbocycles. The largest absolute Gasteiger partial charge is 0.482 e. The minimum atomic E-state index is -0.122. The van der Waals surface area contributed by atoms with E-state index in [1.54, 1.807) is 4.90 Å². The number of anilines is 1. The van der Waals surface area contributed by atoms with E-state index in [1.165, 1.54) is 12.1 Å². The van der Waals surface area contributed by atoms with Crippen LogP contribution in [0.4, 0.5) is 5.82 Å². The Bertz CT molecular complexity index is 1120. The van der Waals surface area contributed by atoms with Crippen LogP contribution in [0.1, 0.15) is 5.56 Å². The van der Waals surface area contributed by atoms with Gasteiger partial charge in [-0.2, -0.15) is 0 Å². The van der Waals surface area contributed by atoms with Crippen molar-refractivity contribution in [1.29, 1.82) is 0 Å². The van der Waals surface area contributed by atoms with Crippen molar-refractivity contribution >= 4 is 46.5 Å². The zero-order valence-corrected chi connectivity index (χ0v) is 19.7. The summed E-state index contributed by atoms with van der Waals surface area (Å²) in [6.45, 7) is 4.40. The normalized spacial score (nSPS) is 13.9. The molecule has 1 aromatic heterocycles. The molecule has 166 valence electrons. The Morgan fingerprint density at radius 2 is 1.66 bits per heavy atom. The maximum Gasteiger partial charge on any atom is 0.260 e. The third kappa shape index (κ3) is 5.09. The molecule has 6 nitrogen and oxygen atoms in total. The molecule has 4 rings (SSSR count). The van der Waals surface area contributed by atoms with Gasteiger partial charge in [-0.25, -0.2) is 0 Å². The third-order valence-corrected chi connectivity index (χ3v) is 6.37. The first-order valence-electron chi connectivity index (χ1n) is 10.1. The first-order valence-corrected chi connectivity index (χ1v) is 11.3. The predicted molar refractivity (Wildman–Crippen MR) is 128 cm³/mol. The minimum Gasteiger partial charge on any atom is -0.482 e. The number of hydrogen-bond donors (Lipinski definition) is 0. The summed E-state index contributed by atoms with van der Waals surface area (Å²) in [6.07, 6.45) is 0. The van der Waals surface area contributed by atoms with Crippen LogP contribution in [0.15, 0.2) is 48.5 Å². The van der Waals surface area contributed by atoms with Gasteiger partial charge in [-0.1, -0.05) is 59.1 Å². The standard InChI is InChI=1S/C23H21Cl3N4O2/c1-15-4-2-3-5-16(15)20-6-7-22(28-27-20)29-8-10-30(11-9-29)23(31)14-32-21-13-18(25)17(24)12-19(21)26/h2-7,12-13H,8-11,14H2,1H3. The molecule has 0 atom stereocenters. The zero-order chi connectivity index (χ0) is 22.7. The van der Waals surface area contributed by atoms with E-state index < -0.39 is 0 Å². The molecule has 2 aromatic carbocycles. The highest BCUT2D eigenvalue weighted by Gasteiger charge is 2.23. The van der Waals surface area contributed by atoms with Gasteiger partial charge in [0.2, 0.25) is 0 Å². The van der Waals surface area contributed by atoms with Gasteiger partial charge in [0.05, 0.1) is 20.8 Å². The number of aromatic nitrogens is 2. The summed E-state index contributed by atoms with van der Waals surface area (Å²) in [4.78, 5) is 16.4. The number of halogens is 3. The number of ether oxygens (including phenoxy) is 1. The van der Waals surface area contributed by atoms with E-state index in [4.69, 9.17) is 39.5 Å². The highest BCUT2D eigenvalue weighted by Crippen LogP contribution is 2.33. The Morgan fingerprint density at radius 1 is 0.938 bits per heavy atom. The fourth-order valence-corrected chi connectivity index (χ4v) is 4.12. The first-order chi connectivity index (χ1) is 15.4. The van der Waals surface area contributed by atoms with Gasteiger partial charge >= 0.3 is 0 Å². The lowest BCUT2D eigenvalue weighted by atomic mass is 10.1. The summed E-state index contributed by atoms with van der Waals surface area (Å²) < 4.78 is 5.56. The van der Waals surface area contributed by atoms with Crippen LogP contribution in [0.25, 0.3) is 11.3 Å². The van der Waals surface area contributed by atoms with Crippen molar-refractivity contribution in [1.82, 2.24) is 15.1 Å². The fraction of sp³-hybridized carbons (Fsp3) is 0.261. The minimum absolute atomic E-state index is 0.118. The van der Waals surface area contributed by atoms with Gasteiger partial charge in [0.25, 0.3) is 5.91 Å². The van der Waals surface area contributed by atoms with E-state index in [1.807, 2.05) is 30.3 Å². The van der Waals surface area contributed by atoms with Gasteiger partial charge < -0.3 is 14.5 Å². The molecule has 3 aromatic rings. The van der Waals surface area contributed by atoms with E-state index in [9.17, 15) is 4.79 Å². The van der Waals surface area contributed by atoms with Gasteiger partial charge in [-0.15, -0.1) is 10.2 Å². The number of piperazine rings is 1. The smallest absolute Gasteiger partial charge is 0.260 e. The molecule has 0 N–H and O–H groups in total. The lowest BCUT2D eigenvalue weighted by molar-refractivity contribution is -0.133. The van der Waals surface area contributed by atoms with Crippen molar-refractivity contribution in [2.24, 2.45) is 0 Å². The molecule has 0 bridgehead atoms. The number of amides is 1. The van der Waals surface area contributed by atoms with Crippen LogP contribution in [-0.2, 0) is 4.79 Å². The molecule has 0 unspecified atom stereocenters. The van der Waals surface area contributed by atoms with Gasteiger partial charge in [0, 0.05) is 37.8 Å². The Kier molecular flexibility index (Phi) is 7.04. The molecule has 1 fully saturated rings. The number of benzene rings is 2. The van der Waals surface area contributed by atoms with Crippen molar-refractivity contribution in [2.75, 3.05) is 37.7 Å². The molecule has 32 heavy (non-hydrogen) atoms. The van der Waals surface area contributed by atoms with Crippen molar-refractivity contribution in [3.8, 4) is 17.0 Å². The Morgan fingerprint density at radius 3 is 2.34 bits per heavy atom. The van der Waals surface area contributed by atoms with E-state index in [2.05, 4.69) is 28.1 Å². The maximum absolute atomic E-state index is 12.6. The van der Waals surface area contributed by atoms with E-state index in [-0.39, 0.29) is 12.5 Å². The van der Waals surface area contributed by atoms with Crippen molar-refractivity contribution in [3.05, 3.63) is 69.2 Å². The van der Waals surface area contributed by atoms with E-state index >= 15 is 0 Å². The Hall–Kier alpha value is -2.54. The van der Waals surface area contributed by atoms with Crippen LogP contribution < -0.4 is 9.64 Å². The molecule has 9 heteroatoms. The van der Waals surface area contributed by atoms with Crippen LogP contribution in [0.5, 0.6) is 5.75 Å². The molecule has 2 heterocycles. The molecule has 0 spiro atoms. The van der Waals surface area contributed by atoms with Gasteiger partial charge in [-0.05, 0) is 30.7 Å². The van der Waals surface area contributed by atoms with Crippen molar-refractivity contribution in [2.45, 2.75) is 6.92 Å². The molecule has 1 amide bonds. The van der Waals surface area contributed by atoms with E-state index in [0.29, 0.717) is 47.0 Å². The molecule has 0 aliphatic carbocycles. The van der Waals surface area contributed by atoms with Gasteiger partial charge in [0.1, 0.15) is 5.75 Å². The average Bonchev–Trinajstić information content (AvgIpc) is 2.81. The summed E-state index contributed by atoms with van der Waals surface area (Å²) in [6, 6.07) is 15.1. The molecular formula is C23H21Cl3N4O2. The number of nitrogens with zero attached hydrogens (tertiary/aromatic N) is 4. The lowest BCUT2D eigenvalue weighted by Gasteiger charge is -2.35. The summed E-state index contributed by atoms with van der Waals surface area (Å²) in [5.74, 6) is 1.01. The fourth-order valence-electron chi connectivity index (χ4n) is 3.53. The quantitative estimate of drug-likeness (QED) is 0.463. The third-order valence-electron chi connectivity index (χ3n) is 5.35. The van der Waals surface area contributed by atoms with Crippen molar-refractivity contribution in [3.63, 3.8) is 0 Å². The first kappa shape index (κ1) is 22.6. The van der Waals surface area contributed by atoms with Crippen LogP contribution in [0.2, 0.25) is 15.1 Å². The Balaban J connectivity index is 1.31. The van der Waals surface area contributed by atoms with E-state index in [0.717, 1.165) is 22.6 Å². The predicted octanol–water partition coefficient (Wildman–Crippen LogP) is 5.14. The second-order valence-corrected chi connectivity index (χ2v) is 8.67. The Labute approximate surface area is 201 Å². The summed E-state index contributed by atoms with van der Waals surface area (Å²) >= 11 is 18.0. The molecule has 0 radical (unpaired) electrons. The second-order valence-electron chi connectivity index (χ2n) is 7.44. The molecule has 1 aliphatic heterocycles. The summed E-state index contributed by atoms with van der Waals surface area (Å²) in [7, 11) is 0.